The number of halogens is 3. The Morgan fingerprint density at radius 1 is 1.42 bits per heavy atom. The number of likely N-dealkylation sites (tertiary alicyclic amines) is 1. The molecule has 1 aliphatic rings. The highest BCUT2D eigenvalue weighted by Gasteiger charge is 2.36. The van der Waals surface area contributed by atoms with Crippen LogP contribution in [-0.4, -0.2) is 63.5 Å². The third-order valence-corrected chi connectivity index (χ3v) is 4.36. The lowest BCUT2D eigenvalue weighted by Crippen LogP contribution is -2.38. The lowest BCUT2D eigenvalue weighted by atomic mass is 10.2. The van der Waals surface area contributed by atoms with Crippen LogP contribution in [-0.2, 0) is 6.18 Å². The molecule has 3 rings (SSSR count). The Kier molecular flexibility index (Phi) is 3.98. The zero-order chi connectivity index (χ0) is 17.6. The minimum absolute atomic E-state index is 0.0318. The van der Waals surface area contributed by atoms with Crippen LogP contribution >= 0.6 is 0 Å². The summed E-state index contributed by atoms with van der Waals surface area (Å²) in [7, 11) is 3.63. The number of fused-ring (bicyclic) bond motifs is 1. The molecule has 0 aromatic carbocycles. The first-order chi connectivity index (χ1) is 11.2. The second-order valence-corrected chi connectivity index (χ2v) is 6.19. The van der Waals surface area contributed by atoms with E-state index < -0.39 is 11.9 Å². The molecule has 0 bridgehead atoms. The number of carbonyl (C=O) groups excluding carboxylic acids is 1. The van der Waals surface area contributed by atoms with E-state index in [0.717, 1.165) is 31.8 Å². The number of rotatable bonds is 2. The lowest BCUT2D eigenvalue weighted by molar-refractivity contribution is -0.142. The third-order valence-electron chi connectivity index (χ3n) is 4.36. The Balaban J connectivity index is 2.01. The van der Waals surface area contributed by atoms with Crippen LogP contribution in [0.2, 0.25) is 0 Å². The van der Waals surface area contributed by atoms with Crippen LogP contribution in [0.1, 0.15) is 28.2 Å². The van der Waals surface area contributed by atoms with Crippen molar-refractivity contribution >= 4 is 11.6 Å². The van der Waals surface area contributed by atoms with Gasteiger partial charge in [0.25, 0.3) is 5.91 Å². The van der Waals surface area contributed by atoms with Crippen LogP contribution in [0.25, 0.3) is 5.65 Å². The van der Waals surface area contributed by atoms with Crippen molar-refractivity contribution in [3.05, 3.63) is 29.2 Å². The Labute approximate surface area is 136 Å². The van der Waals surface area contributed by atoms with Gasteiger partial charge in [-0.15, -0.1) is 0 Å². The summed E-state index contributed by atoms with van der Waals surface area (Å²) in [5, 5.41) is 3.75. The first-order valence-electron chi connectivity index (χ1n) is 7.56. The molecule has 0 aliphatic carbocycles. The molecule has 3 heterocycles. The van der Waals surface area contributed by atoms with Crippen molar-refractivity contribution in [2.45, 2.75) is 25.6 Å². The number of alkyl halides is 3. The molecule has 2 aromatic rings. The number of hydrogen-bond donors (Lipinski definition) is 0. The number of hydrogen-bond acceptors (Lipinski definition) is 4. The van der Waals surface area contributed by atoms with Crippen molar-refractivity contribution in [2.75, 3.05) is 27.2 Å². The molecule has 9 heteroatoms. The van der Waals surface area contributed by atoms with Gasteiger partial charge in [0, 0.05) is 25.3 Å². The summed E-state index contributed by atoms with van der Waals surface area (Å²) in [6, 6.07) is 0.952. The number of aromatic nitrogens is 3. The quantitative estimate of drug-likeness (QED) is 0.836. The zero-order valence-electron chi connectivity index (χ0n) is 13.6. The van der Waals surface area contributed by atoms with Gasteiger partial charge in [-0.05, 0) is 33.0 Å². The number of likely N-dealkylation sites (N-methyl/N-ethyl adjacent to an activating group) is 2. The number of nitrogens with zero attached hydrogens (tertiary/aromatic N) is 5. The predicted octanol–water partition coefficient (Wildman–Crippen LogP) is 1.83. The molecule has 1 atom stereocenters. The van der Waals surface area contributed by atoms with Gasteiger partial charge in [0.05, 0.1) is 6.20 Å². The Morgan fingerprint density at radius 2 is 2.12 bits per heavy atom. The van der Waals surface area contributed by atoms with Crippen molar-refractivity contribution in [1.82, 2.24) is 24.4 Å². The molecule has 0 radical (unpaired) electrons. The fourth-order valence-corrected chi connectivity index (χ4v) is 3.02. The van der Waals surface area contributed by atoms with Crippen LogP contribution in [0.3, 0.4) is 0 Å². The van der Waals surface area contributed by atoms with Crippen LogP contribution in [0.15, 0.2) is 12.3 Å². The summed E-state index contributed by atoms with van der Waals surface area (Å²) < 4.78 is 40.2. The molecule has 1 aliphatic heterocycles. The second kappa shape index (κ2) is 5.73. The average molecular weight is 341 g/mol. The van der Waals surface area contributed by atoms with Crippen molar-refractivity contribution < 1.29 is 18.0 Å². The minimum Gasteiger partial charge on any atom is -0.337 e. The molecule has 0 unspecified atom stereocenters. The standard InChI is InChI=1S/C15H18F3N5O/c1-9-6-12(15(16,17)18)23-13(20-9)11(7-19-23)14(24)22(3)10-4-5-21(2)8-10/h6-7,10H,4-5,8H2,1-3H3/t10-/m1/s1. The maximum atomic E-state index is 13.2. The van der Waals surface area contributed by atoms with E-state index in [1.54, 1.807) is 11.9 Å². The average Bonchev–Trinajstić information content (AvgIpc) is 3.10. The Hall–Kier alpha value is -2.16. The molecule has 1 saturated heterocycles. The first kappa shape index (κ1) is 16.7. The minimum atomic E-state index is -4.57. The highest BCUT2D eigenvalue weighted by Crippen LogP contribution is 2.30. The largest absolute Gasteiger partial charge is 0.433 e. The van der Waals surface area contributed by atoms with E-state index >= 15 is 0 Å². The zero-order valence-corrected chi connectivity index (χ0v) is 13.6. The highest BCUT2D eigenvalue weighted by atomic mass is 19.4. The Morgan fingerprint density at radius 3 is 2.71 bits per heavy atom. The molecule has 1 amide bonds. The van der Waals surface area contributed by atoms with Gasteiger partial charge in [-0.2, -0.15) is 18.3 Å². The van der Waals surface area contributed by atoms with Crippen molar-refractivity contribution in [3.8, 4) is 0 Å². The highest BCUT2D eigenvalue weighted by molar-refractivity contribution is 5.99. The monoisotopic (exact) mass is 341 g/mol. The number of amides is 1. The fourth-order valence-electron chi connectivity index (χ4n) is 3.02. The van der Waals surface area contributed by atoms with Crippen LogP contribution in [0, 0.1) is 6.92 Å². The lowest BCUT2D eigenvalue weighted by Gasteiger charge is -2.24. The third kappa shape index (κ3) is 2.83. The molecule has 6 nitrogen and oxygen atoms in total. The summed E-state index contributed by atoms with van der Waals surface area (Å²) in [6.45, 7) is 3.08. The summed E-state index contributed by atoms with van der Waals surface area (Å²) in [4.78, 5) is 20.5. The molecule has 130 valence electrons. The van der Waals surface area contributed by atoms with Crippen LogP contribution in [0.4, 0.5) is 13.2 Å². The van der Waals surface area contributed by atoms with Gasteiger partial charge in [0.15, 0.2) is 5.65 Å². The van der Waals surface area contributed by atoms with Gasteiger partial charge in [-0.3, -0.25) is 4.79 Å². The van der Waals surface area contributed by atoms with Gasteiger partial charge in [0.1, 0.15) is 11.3 Å². The maximum absolute atomic E-state index is 13.2. The molecular formula is C15H18F3N5O. The second-order valence-electron chi connectivity index (χ2n) is 6.19. The topological polar surface area (TPSA) is 53.7 Å². The van der Waals surface area contributed by atoms with Crippen molar-refractivity contribution in [3.63, 3.8) is 0 Å². The molecule has 24 heavy (non-hydrogen) atoms. The predicted molar refractivity (Wildman–Crippen MR) is 80.7 cm³/mol. The van der Waals surface area contributed by atoms with E-state index in [2.05, 4.69) is 15.0 Å². The van der Waals surface area contributed by atoms with E-state index in [4.69, 9.17) is 0 Å². The van der Waals surface area contributed by atoms with E-state index in [1.165, 1.54) is 6.92 Å². The summed E-state index contributed by atoms with van der Waals surface area (Å²) in [6.07, 6.45) is -2.58. The van der Waals surface area contributed by atoms with E-state index in [-0.39, 0.29) is 28.9 Å². The van der Waals surface area contributed by atoms with Gasteiger partial charge in [-0.25, -0.2) is 9.50 Å². The van der Waals surface area contributed by atoms with Crippen LogP contribution in [0.5, 0.6) is 0 Å². The Bertz CT molecular complexity index is 785. The molecule has 1 fully saturated rings. The van der Waals surface area contributed by atoms with Crippen molar-refractivity contribution in [2.24, 2.45) is 0 Å². The summed E-state index contributed by atoms with van der Waals surface area (Å²) >= 11 is 0. The van der Waals surface area contributed by atoms with Gasteiger partial charge < -0.3 is 9.80 Å². The van der Waals surface area contributed by atoms with Gasteiger partial charge in [0.2, 0.25) is 0 Å². The molecule has 0 spiro atoms. The first-order valence-corrected chi connectivity index (χ1v) is 7.56. The smallest absolute Gasteiger partial charge is 0.337 e. The van der Waals surface area contributed by atoms with Crippen molar-refractivity contribution in [1.29, 1.82) is 0 Å². The van der Waals surface area contributed by atoms with Crippen LogP contribution < -0.4 is 0 Å². The number of aryl methyl sites for hydroxylation is 1. The van der Waals surface area contributed by atoms with Gasteiger partial charge in [-0.1, -0.05) is 0 Å². The fraction of sp³-hybridized carbons (Fsp3) is 0.533. The molecule has 2 aromatic heterocycles. The SMILES string of the molecule is Cc1cc(C(F)(F)F)n2ncc(C(=O)N(C)[C@@H]3CCN(C)C3)c2n1. The van der Waals surface area contributed by atoms with E-state index in [0.29, 0.717) is 4.52 Å². The summed E-state index contributed by atoms with van der Waals surface area (Å²) in [5.41, 5.74) is -0.730. The summed E-state index contributed by atoms with van der Waals surface area (Å²) in [5.74, 6) is -0.364. The van der Waals surface area contributed by atoms with E-state index in [1.807, 2.05) is 7.05 Å². The molecule has 0 N–H and O–H groups in total. The number of carbonyl (C=O) groups is 1. The molecule has 0 saturated carbocycles. The maximum Gasteiger partial charge on any atom is 0.433 e. The van der Waals surface area contributed by atoms with Gasteiger partial charge >= 0.3 is 6.18 Å². The normalized spacial score (nSPS) is 19.2. The molecular weight excluding hydrogens is 323 g/mol. The van der Waals surface area contributed by atoms with E-state index in [9.17, 15) is 18.0 Å².